The molecule has 2 aromatic carbocycles. The van der Waals surface area contributed by atoms with E-state index < -0.39 is 0 Å². The van der Waals surface area contributed by atoms with Crippen LogP contribution >= 0.6 is 0 Å². The summed E-state index contributed by atoms with van der Waals surface area (Å²) in [5.41, 5.74) is 4.32. The molecule has 1 heterocycles. The highest BCUT2D eigenvalue weighted by atomic mass is 16.1. The standard InChI is InChI=1S/C23H27N3O/c1-26-21-14-8-7-13-20(21)24-22(26)16-15-17-9-5-6-12-19(17)25-23(27)18-10-3-2-4-11-18/h5-9,12-14,18H,2-4,10-11,15-16H2,1H3,(H,25,27). The molecule has 1 aliphatic rings. The third kappa shape index (κ3) is 3.90. The van der Waals surface area contributed by atoms with Gasteiger partial charge in [0.2, 0.25) is 5.91 Å². The highest BCUT2D eigenvalue weighted by Gasteiger charge is 2.21. The van der Waals surface area contributed by atoms with Crippen molar-refractivity contribution < 1.29 is 4.79 Å². The lowest BCUT2D eigenvalue weighted by atomic mass is 9.88. The van der Waals surface area contributed by atoms with Crippen LogP contribution in [0, 0.1) is 5.92 Å². The van der Waals surface area contributed by atoms with Crippen molar-refractivity contribution in [3.05, 3.63) is 59.9 Å². The molecule has 4 nitrogen and oxygen atoms in total. The Morgan fingerprint density at radius 2 is 1.78 bits per heavy atom. The number of fused-ring (bicyclic) bond motifs is 1. The monoisotopic (exact) mass is 361 g/mol. The van der Waals surface area contributed by atoms with Crippen LogP contribution in [-0.2, 0) is 24.7 Å². The number of benzene rings is 2. The number of hydrogen-bond donors (Lipinski definition) is 1. The second-order valence-corrected chi connectivity index (χ2v) is 7.56. The van der Waals surface area contributed by atoms with Gasteiger partial charge in [-0.15, -0.1) is 0 Å². The molecule has 4 heteroatoms. The summed E-state index contributed by atoms with van der Waals surface area (Å²) in [7, 11) is 2.07. The van der Waals surface area contributed by atoms with Crippen molar-refractivity contribution in [1.29, 1.82) is 0 Å². The van der Waals surface area contributed by atoms with Gasteiger partial charge in [-0.25, -0.2) is 4.98 Å². The van der Waals surface area contributed by atoms with E-state index in [0.29, 0.717) is 0 Å². The van der Waals surface area contributed by atoms with Gasteiger partial charge in [0.05, 0.1) is 11.0 Å². The third-order valence-corrected chi connectivity index (χ3v) is 5.75. The lowest BCUT2D eigenvalue weighted by Gasteiger charge is -2.21. The number of imidazole rings is 1. The van der Waals surface area contributed by atoms with E-state index in [1.54, 1.807) is 0 Å². The van der Waals surface area contributed by atoms with E-state index in [1.807, 2.05) is 30.3 Å². The highest BCUT2D eigenvalue weighted by Crippen LogP contribution is 2.26. The smallest absolute Gasteiger partial charge is 0.227 e. The highest BCUT2D eigenvalue weighted by molar-refractivity contribution is 5.93. The van der Waals surface area contributed by atoms with E-state index in [1.165, 1.54) is 24.8 Å². The van der Waals surface area contributed by atoms with Gasteiger partial charge in [0.15, 0.2) is 0 Å². The fraction of sp³-hybridized carbons (Fsp3) is 0.391. The van der Waals surface area contributed by atoms with Gasteiger partial charge < -0.3 is 9.88 Å². The van der Waals surface area contributed by atoms with Gasteiger partial charge in [-0.1, -0.05) is 49.6 Å². The van der Waals surface area contributed by atoms with Gasteiger partial charge in [0.1, 0.15) is 5.82 Å². The first-order valence-corrected chi connectivity index (χ1v) is 10.0. The second kappa shape index (κ2) is 7.95. The van der Waals surface area contributed by atoms with Crippen molar-refractivity contribution in [2.75, 3.05) is 5.32 Å². The minimum absolute atomic E-state index is 0.173. The van der Waals surface area contributed by atoms with Crippen LogP contribution in [0.2, 0.25) is 0 Å². The van der Waals surface area contributed by atoms with Gasteiger partial charge in [-0.05, 0) is 43.0 Å². The summed E-state index contributed by atoms with van der Waals surface area (Å²) < 4.78 is 2.17. The van der Waals surface area contributed by atoms with E-state index in [2.05, 4.69) is 35.1 Å². The summed E-state index contributed by atoms with van der Waals surface area (Å²) in [4.78, 5) is 17.4. The molecule has 140 valence electrons. The molecule has 1 N–H and O–H groups in total. The zero-order valence-electron chi connectivity index (χ0n) is 15.9. The van der Waals surface area contributed by atoms with E-state index in [-0.39, 0.29) is 11.8 Å². The predicted molar refractivity (Wildman–Crippen MR) is 110 cm³/mol. The van der Waals surface area contributed by atoms with Crippen LogP contribution < -0.4 is 5.32 Å². The van der Waals surface area contributed by atoms with Crippen molar-refractivity contribution in [1.82, 2.24) is 9.55 Å². The van der Waals surface area contributed by atoms with Gasteiger partial charge in [0, 0.05) is 25.1 Å². The van der Waals surface area contributed by atoms with Crippen LogP contribution in [0.25, 0.3) is 11.0 Å². The molecule has 0 spiro atoms. The van der Waals surface area contributed by atoms with Gasteiger partial charge in [-0.2, -0.15) is 0 Å². The lowest BCUT2D eigenvalue weighted by Crippen LogP contribution is -2.25. The molecule has 1 saturated carbocycles. The molecule has 0 unspecified atom stereocenters. The molecule has 1 amide bonds. The van der Waals surface area contributed by atoms with Gasteiger partial charge >= 0.3 is 0 Å². The average molecular weight is 361 g/mol. The number of amides is 1. The predicted octanol–water partition coefficient (Wildman–Crippen LogP) is 4.88. The van der Waals surface area contributed by atoms with Crippen LogP contribution in [-0.4, -0.2) is 15.5 Å². The van der Waals surface area contributed by atoms with E-state index in [9.17, 15) is 4.79 Å². The Labute approximate surface area is 160 Å². The molecule has 1 aromatic heterocycles. The molecule has 1 aliphatic carbocycles. The van der Waals surface area contributed by atoms with Crippen molar-refractivity contribution >= 4 is 22.6 Å². The van der Waals surface area contributed by atoms with Crippen molar-refractivity contribution in [2.45, 2.75) is 44.9 Å². The topological polar surface area (TPSA) is 46.9 Å². The molecule has 27 heavy (non-hydrogen) atoms. The molecular formula is C23H27N3O. The zero-order valence-corrected chi connectivity index (χ0v) is 15.9. The molecule has 4 rings (SSSR count). The quantitative estimate of drug-likeness (QED) is 0.704. The van der Waals surface area contributed by atoms with E-state index in [4.69, 9.17) is 4.98 Å². The Morgan fingerprint density at radius 1 is 1.04 bits per heavy atom. The summed E-state index contributed by atoms with van der Waals surface area (Å²) in [6.45, 7) is 0. The fourth-order valence-electron chi connectivity index (χ4n) is 4.13. The number of aryl methyl sites for hydroxylation is 3. The van der Waals surface area contributed by atoms with Crippen molar-refractivity contribution in [2.24, 2.45) is 13.0 Å². The van der Waals surface area contributed by atoms with Crippen LogP contribution in [0.4, 0.5) is 5.69 Å². The number of rotatable bonds is 5. The lowest BCUT2D eigenvalue weighted by molar-refractivity contribution is -0.120. The SMILES string of the molecule is Cn1c(CCc2ccccc2NC(=O)C2CCCCC2)nc2ccccc21. The molecule has 0 bridgehead atoms. The third-order valence-electron chi connectivity index (χ3n) is 5.75. The van der Waals surface area contributed by atoms with E-state index >= 15 is 0 Å². The molecular weight excluding hydrogens is 334 g/mol. The Morgan fingerprint density at radius 3 is 2.59 bits per heavy atom. The first kappa shape index (κ1) is 17.8. The Bertz CT molecular complexity index is 938. The van der Waals surface area contributed by atoms with Crippen LogP contribution in [0.5, 0.6) is 0 Å². The second-order valence-electron chi connectivity index (χ2n) is 7.56. The first-order chi connectivity index (χ1) is 13.2. The maximum atomic E-state index is 12.6. The van der Waals surface area contributed by atoms with Crippen molar-refractivity contribution in [3.8, 4) is 0 Å². The summed E-state index contributed by atoms with van der Waals surface area (Å²) in [5, 5.41) is 3.19. The average Bonchev–Trinajstić information content (AvgIpc) is 3.04. The van der Waals surface area contributed by atoms with Crippen molar-refractivity contribution in [3.63, 3.8) is 0 Å². The maximum absolute atomic E-state index is 12.6. The number of carbonyl (C=O) groups is 1. The normalized spacial score (nSPS) is 15.1. The number of para-hydroxylation sites is 3. The summed E-state index contributed by atoms with van der Waals surface area (Å²) in [6, 6.07) is 16.4. The molecule has 0 saturated heterocycles. The molecule has 1 fully saturated rings. The number of nitrogens with one attached hydrogen (secondary N) is 1. The van der Waals surface area contributed by atoms with Gasteiger partial charge in [-0.3, -0.25) is 4.79 Å². The molecule has 0 aliphatic heterocycles. The molecule has 0 radical (unpaired) electrons. The number of hydrogen-bond acceptors (Lipinski definition) is 2. The zero-order chi connectivity index (χ0) is 18.6. The number of anilines is 1. The largest absolute Gasteiger partial charge is 0.331 e. The number of aromatic nitrogens is 2. The summed E-state index contributed by atoms with van der Waals surface area (Å²) >= 11 is 0. The number of carbonyl (C=O) groups excluding carboxylic acids is 1. The van der Waals surface area contributed by atoms with Crippen LogP contribution in [0.15, 0.2) is 48.5 Å². The molecule has 0 atom stereocenters. The first-order valence-electron chi connectivity index (χ1n) is 10.0. The Hall–Kier alpha value is -2.62. The van der Waals surface area contributed by atoms with Crippen LogP contribution in [0.1, 0.15) is 43.5 Å². The Balaban J connectivity index is 1.47. The number of nitrogens with zero attached hydrogens (tertiary/aromatic N) is 2. The fourth-order valence-corrected chi connectivity index (χ4v) is 4.13. The van der Waals surface area contributed by atoms with Gasteiger partial charge in [0.25, 0.3) is 0 Å². The van der Waals surface area contributed by atoms with Crippen LogP contribution in [0.3, 0.4) is 0 Å². The molecule has 3 aromatic rings. The Kier molecular flexibility index (Phi) is 5.23. The minimum Gasteiger partial charge on any atom is -0.331 e. The maximum Gasteiger partial charge on any atom is 0.227 e. The van der Waals surface area contributed by atoms with E-state index in [0.717, 1.165) is 48.2 Å². The minimum atomic E-state index is 0.173. The summed E-state index contributed by atoms with van der Waals surface area (Å²) in [5.74, 6) is 1.43. The summed E-state index contributed by atoms with van der Waals surface area (Å²) in [6.07, 6.45) is 7.36.